The van der Waals surface area contributed by atoms with Gasteiger partial charge in [0.05, 0.1) is 24.4 Å². The van der Waals surface area contributed by atoms with Crippen molar-refractivity contribution >= 4 is 44.9 Å². The van der Waals surface area contributed by atoms with Crippen LogP contribution in [0.2, 0.25) is 0 Å². The molecule has 3 heterocycles. The lowest BCUT2D eigenvalue weighted by atomic mass is 10.0. The first-order valence-electron chi connectivity index (χ1n) is 11.1. The van der Waals surface area contributed by atoms with Crippen molar-refractivity contribution in [2.24, 2.45) is 0 Å². The average molecular weight is 547 g/mol. The van der Waals surface area contributed by atoms with Gasteiger partial charge in [-0.1, -0.05) is 22.0 Å². The SMILES string of the molecule is COC(=O)c1ccc(-n2cccc2[C@@H]2[C@H](c3ccccn3)NC(=S)N2c2ccc(Br)c(C)c2)cc1. The Morgan fingerprint density at radius 1 is 1.06 bits per heavy atom. The van der Waals surface area contributed by atoms with Crippen LogP contribution < -0.4 is 10.2 Å². The van der Waals surface area contributed by atoms with E-state index >= 15 is 0 Å². The summed E-state index contributed by atoms with van der Waals surface area (Å²) in [6, 6.07) is 23.3. The number of halogens is 1. The molecule has 0 aliphatic carbocycles. The number of pyridine rings is 1. The molecule has 0 spiro atoms. The number of esters is 1. The van der Waals surface area contributed by atoms with E-state index in [1.54, 1.807) is 18.3 Å². The highest BCUT2D eigenvalue weighted by Crippen LogP contribution is 2.42. The van der Waals surface area contributed by atoms with Gasteiger partial charge in [0.25, 0.3) is 0 Å². The van der Waals surface area contributed by atoms with Crippen LogP contribution in [0.1, 0.15) is 39.4 Å². The Balaban J connectivity index is 1.63. The standard InChI is InChI=1S/C27H23BrN4O2S/c1-17-16-20(12-13-21(17)28)32-25(24(30-27(32)35)22-6-3-4-14-29-22)23-7-5-15-31(23)19-10-8-18(9-11-19)26(33)34-2/h3-16,24-25H,1-2H3,(H,30,35)/t24-,25+/m0/s1. The number of aryl methyl sites for hydroxylation is 1. The molecular weight excluding hydrogens is 524 g/mol. The molecule has 2 aromatic heterocycles. The van der Waals surface area contributed by atoms with Crippen molar-refractivity contribution in [1.29, 1.82) is 0 Å². The topological polar surface area (TPSA) is 59.4 Å². The molecule has 0 unspecified atom stereocenters. The smallest absolute Gasteiger partial charge is 0.337 e. The van der Waals surface area contributed by atoms with Gasteiger partial charge in [-0.05, 0) is 91.4 Å². The summed E-state index contributed by atoms with van der Waals surface area (Å²) in [7, 11) is 1.38. The molecule has 2 aromatic carbocycles. The lowest BCUT2D eigenvalue weighted by Crippen LogP contribution is -2.30. The quantitative estimate of drug-likeness (QED) is 0.248. The van der Waals surface area contributed by atoms with E-state index in [-0.39, 0.29) is 18.1 Å². The minimum Gasteiger partial charge on any atom is -0.465 e. The third-order valence-corrected chi connectivity index (χ3v) is 7.37. The van der Waals surface area contributed by atoms with Crippen LogP contribution in [0, 0.1) is 6.92 Å². The number of aromatic nitrogens is 2. The monoisotopic (exact) mass is 546 g/mol. The van der Waals surface area contributed by atoms with E-state index < -0.39 is 0 Å². The Labute approximate surface area is 217 Å². The summed E-state index contributed by atoms with van der Waals surface area (Å²) in [6.45, 7) is 2.07. The molecule has 0 radical (unpaired) electrons. The maximum Gasteiger partial charge on any atom is 0.337 e. The fourth-order valence-corrected chi connectivity index (χ4v) is 5.05. The second kappa shape index (κ2) is 9.64. The Hall–Kier alpha value is -3.49. The molecule has 0 bridgehead atoms. The number of methoxy groups -OCH3 is 1. The third kappa shape index (κ3) is 4.35. The van der Waals surface area contributed by atoms with Crippen molar-refractivity contribution in [1.82, 2.24) is 14.9 Å². The first kappa shape index (κ1) is 23.3. The van der Waals surface area contributed by atoms with Crippen LogP contribution in [0.25, 0.3) is 5.69 Å². The largest absolute Gasteiger partial charge is 0.465 e. The number of hydrogen-bond donors (Lipinski definition) is 1. The first-order valence-corrected chi connectivity index (χ1v) is 12.3. The molecular formula is C27H23BrN4O2S. The van der Waals surface area contributed by atoms with Crippen LogP contribution in [0.5, 0.6) is 0 Å². The molecule has 5 rings (SSSR count). The van der Waals surface area contributed by atoms with Crippen molar-refractivity contribution in [3.05, 3.63) is 112 Å². The van der Waals surface area contributed by atoms with E-state index in [0.717, 1.165) is 32.8 Å². The predicted octanol–water partition coefficient (Wildman–Crippen LogP) is 5.91. The molecule has 2 atom stereocenters. The van der Waals surface area contributed by atoms with Gasteiger partial charge in [-0.15, -0.1) is 0 Å². The lowest BCUT2D eigenvalue weighted by molar-refractivity contribution is 0.0600. The number of benzene rings is 2. The van der Waals surface area contributed by atoms with E-state index in [1.165, 1.54) is 7.11 Å². The van der Waals surface area contributed by atoms with Crippen LogP contribution in [0.4, 0.5) is 5.69 Å². The Morgan fingerprint density at radius 2 is 1.83 bits per heavy atom. The van der Waals surface area contributed by atoms with Crippen LogP contribution >= 0.6 is 28.1 Å². The zero-order valence-electron chi connectivity index (χ0n) is 19.2. The van der Waals surface area contributed by atoms with Crippen molar-refractivity contribution in [2.45, 2.75) is 19.0 Å². The lowest BCUT2D eigenvalue weighted by Gasteiger charge is -2.29. The van der Waals surface area contributed by atoms with Gasteiger partial charge in [-0.25, -0.2) is 4.79 Å². The summed E-state index contributed by atoms with van der Waals surface area (Å²) >= 11 is 9.47. The molecule has 1 aliphatic rings. The second-order valence-electron chi connectivity index (χ2n) is 8.27. The van der Waals surface area contributed by atoms with Crippen LogP contribution in [0.15, 0.2) is 89.7 Å². The minimum atomic E-state index is -0.360. The number of ether oxygens (including phenoxy) is 1. The zero-order chi connectivity index (χ0) is 24.5. The van der Waals surface area contributed by atoms with Crippen molar-refractivity contribution < 1.29 is 9.53 Å². The third-order valence-electron chi connectivity index (χ3n) is 6.17. The Bertz CT molecular complexity index is 1390. The van der Waals surface area contributed by atoms with Crippen molar-refractivity contribution in [3.8, 4) is 5.69 Å². The molecule has 0 saturated carbocycles. The van der Waals surface area contributed by atoms with E-state index in [2.05, 4.69) is 60.8 Å². The van der Waals surface area contributed by atoms with Crippen LogP contribution in [-0.4, -0.2) is 27.7 Å². The molecule has 8 heteroatoms. The number of rotatable bonds is 5. The van der Waals surface area contributed by atoms with Gasteiger partial charge in [-0.2, -0.15) is 0 Å². The number of anilines is 1. The number of nitrogens with zero attached hydrogens (tertiary/aromatic N) is 3. The van der Waals surface area contributed by atoms with E-state index in [1.807, 2.05) is 48.7 Å². The molecule has 1 fully saturated rings. The Morgan fingerprint density at radius 3 is 2.51 bits per heavy atom. The van der Waals surface area contributed by atoms with Gasteiger partial charge >= 0.3 is 5.97 Å². The van der Waals surface area contributed by atoms with Gasteiger partial charge in [-0.3, -0.25) is 4.98 Å². The summed E-state index contributed by atoms with van der Waals surface area (Å²) < 4.78 is 8.01. The van der Waals surface area contributed by atoms with Gasteiger partial charge in [0.15, 0.2) is 5.11 Å². The molecule has 4 aromatic rings. The van der Waals surface area contributed by atoms with Crippen molar-refractivity contribution in [2.75, 3.05) is 12.0 Å². The van der Waals surface area contributed by atoms with Crippen LogP contribution in [-0.2, 0) is 4.74 Å². The van der Waals surface area contributed by atoms with Gasteiger partial charge in [0, 0.05) is 33.9 Å². The fraction of sp³-hybridized carbons (Fsp3) is 0.148. The predicted molar refractivity (Wildman–Crippen MR) is 144 cm³/mol. The Kier molecular flexibility index (Phi) is 6.40. The summed E-state index contributed by atoms with van der Waals surface area (Å²) in [5.74, 6) is -0.360. The average Bonchev–Trinajstić information content (AvgIpc) is 3.50. The van der Waals surface area contributed by atoms with Crippen LogP contribution in [0.3, 0.4) is 0 Å². The summed E-state index contributed by atoms with van der Waals surface area (Å²) in [5, 5.41) is 4.15. The van der Waals surface area contributed by atoms with E-state index in [0.29, 0.717) is 10.7 Å². The highest BCUT2D eigenvalue weighted by atomic mass is 79.9. The highest BCUT2D eigenvalue weighted by molar-refractivity contribution is 9.10. The molecule has 0 amide bonds. The van der Waals surface area contributed by atoms with E-state index in [4.69, 9.17) is 17.0 Å². The highest BCUT2D eigenvalue weighted by Gasteiger charge is 2.42. The first-order chi connectivity index (χ1) is 17.0. The summed E-state index contributed by atoms with van der Waals surface area (Å²) in [5.41, 5.74) is 5.51. The number of carbonyl (C=O) groups excluding carboxylic acids is 1. The fourth-order valence-electron chi connectivity index (χ4n) is 4.46. The summed E-state index contributed by atoms with van der Waals surface area (Å²) in [6.07, 6.45) is 3.82. The maximum absolute atomic E-state index is 11.9. The number of hydrogen-bond acceptors (Lipinski definition) is 4. The normalized spacial score (nSPS) is 17.3. The molecule has 1 N–H and O–H groups in total. The number of carbonyl (C=O) groups is 1. The number of nitrogens with one attached hydrogen (secondary N) is 1. The molecule has 176 valence electrons. The number of thiocarbonyl (C=S) groups is 1. The molecule has 35 heavy (non-hydrogen) atoms. The second-order valence-corrected chi connectivity index (χ2v) is 9.51. The molecule has 6 nitrogen and oxygen atoms in total. The maximum atomic E-state index is 11.9. The molecule has 1 saturated heterocycles. The van der Waals surface area contributed by atoms with Gasteiger partial charge in [0.1, 0.15) is 6.04 Å². The zero-order valence-corrected chi connectivity index (χ0v) is 21.6. The van der Waals surface area contributed by atoms with Crippen molar-refractivity contribution in [3.63, 3.8) is 0 Å². The van der Waals surface area contributed by atoms with Gasteiger partial charge < -0.3 is 19.5 Å². The van der Waals surface area contributed by atoms with Gasteiger partial charge in [0.2, 0.25) is 0 Å². The summed E-state index contributed by atoms with van der Waals surface area (Å²) in [4.78, 5) is 18.7. The molecule has 1 aliphatic heterocycles. The van der Waals surface area contributed by atoms with E-state index in [9.17, 15) is 4.79 Å². The minimum absolute atomic E-state index is 0.157.